The van der Waals surface area contributed by atoms with Crippen molar-refractivity contribution in [1.82, 2.24) is 0 Å². The number of benzene rings is 1. The van der Waals surface area contributed by atoms with Crippen LogP contribution in [0.2, 0.25) is 0 Å². The number of esters is 1. The Bertz CT molecular complexity index is 489. The summed E-state index contributed by atoms with van der Waals surface area (Å²) in [5.41, 5.74) is 11.2. The van der Waals surface area contributed by atoms with Gasteiger partial charge in [-0.25, -0.2) is 4.79 Å². The van der Waals surface area contributed by atoms with Crippen LogP contribution in [0.25, 0.3) is 0 Å². The van der Waals surface area contributed by atoms with Crippen LogP contribution >= 0.6 is 0 Å². The zero-order chi connectivity index (χ0) is 14.6. The number of nitrogens with two attached hydrogens (primary N) is 2. The fourth-order valence-electron chi connectivity index (χ4n) is 1.61. The second kappa shape index (κ2) is 6.17. The molecule has 1 rings (SSSR count). The highest BCUT2D eigenvalue weighted by Gasteiger charge is 2.22. The van der Waals surface area contributed by atoms with E-state index in [9.17, 15) is 19.8 Å². The van der Waals surface area contributed by atoms with E-state index in [0.29, 0.717) is 0 Å². The van der Waals surface area contributed by atoms with Gasteiger partial charge in [0.05, 0.1) is 25.2 Å². The number of ether oxygens (including phenoxy) is 1. The largest absolute Gasteiger partial charge is 0.465 e. The Hall–Kier alpha value is -2.12. The van der Waals surface area contributed by atoms with E-state index in [4.69, 9.17) is 11.5 Å². The summed E-state index contributed by atoms with van der Waals surface area (Å²) < 4.78 is 4.52. The SMILES string of the molecule is COC(=O)c1ccc(C(O)C(O)CC(N)=O)c(N)c1. The molecule has 0 spiro atoms. The van der Waals surface area contributed by atoms with Crippen molar-refractivity contribution in [1.29, 1.82) is 0 Å². The molecule has 1 amide bonds. The monoisotopic (exact) mass is 268 g/mol. The van der Waals surface area contributed by atoms with Crippen molar-refractivity contribution >= 4 is 17.6 Å². The molecule has 0 aliphatic rings. The lowest BCUT2D eigenvalue weighted by atomic mass is 9.99. The number of aliphatic hydroxyl groups excluding tert-OH is 2. The first kappa shape index (κ1) is 14.9. The number of hydrogen-bond acceptors (Lipinski definition) is 6. The van der Waals surface area contributed by atoms with E-state index < -0.39 is 24.1 Å². The number of hydrogen-bond donors (Lipinski definition) is 4. The molecule has 0 aliphatic carbocycles. The summed E-state index contributed by atoms with van der Waals surface area (Å²) in [5, 5.41) is 19.4. The third-order valence-electron chi connectivity index (χ3n) is 2.60. The maximum Gasteiger partial charge on any atom is 0.337 e. The number of methoxy groups -OCH3 is 1. The van der Waals surface area contributed by atoms with E-state index in [1.165, 1.54) is 25.3 Å². The first-order valence-corrected chi connectivity index (χ1v) is 5.49. The van der Waals surface area contributed by atoms with Crippen molar-refractivity contribution in [3.05, 3.63) is 29.3 Å². The van der Waals surface area contributed by atoms with E-state index in [1.54, 1.807) is 0 Å². The fourth-order valence-corrected chi connectivity index (χ4v) is 1.61. The second-order valence-electron chi connectivity index (χ2n) is 4.02. The van der Waals surface area contributed by atoms with Gasteiger partial charge in [-0.2, -0.15) is 0 Å². The average molecular weight is 268 g/mol. The number of rotatable bonds is 5. The minimum atomic E-state index is -1.36. The van der Waals surface area contributed by atoms with Crippen molar-refractivity contribution in [2.75, 3.05) is 12.8 Å². The molecule has 6 N–H and O–H groups in total. The molecule has 0 radical (unpaired) electrons. The fraction of sp³-hybridized carbons (Fsp3) is 0.333. The number of nitrogen functional groups attached to an aromatic ring is 1. The number of primary amides is 1. The summed E-state index contributed by atoms with van der Waals surface area (Å²) in [4.78, 5) is 21.9. The molecule has 2 unspecified atom stereocenters. The zero-order valence-electron chi connectivity index (χ0n) is 10.4. The highest BCUT2D eigenvalue weighted by atomic mass is 16.5. The molecule has 0 bridgehead atoms. The van der Waals surface area contributed by atoms with Crippen molar-refractivity contribution in [3.8, 4) is 0 Å². The summed E-state index contributed by atoms with van der Waals surface area (Å²) in [6.45, 7) is 0. The zero-order valence-corrected chi connectivity index (χ0v) is 10.4. The van der Waals surface area contributed by atoms with Crippen LogP contribution in [0.4, 0.5) is 5.69 Å². The van der Waals surface area contributed by atoms with Gasteiger partial charge in [-0.15, -0.1) is 0 Å². The van der Waals surface area contributed by atoms with Gasteiger partial charge in [0.1, 0.15) is 6.10 Å². The van der Waals surface area contributed by atoms with Crippen LogP contribution in [0.1, 0.15) is 28.4 Å². The summed E-state index contributed by atoms with van der Waals surface area (Å²) in [7, 11) is 1.23. The topological polar surface area (TPSA) is 136 Å². The van der Waals surface area contributed by atoms with E-state index in [2.05, 4.69) is 4.74 Å². The summed E-state index contributed by atoms with van der Waals surface area (Å²) in [5.74, 6) is -1.30. The molecule has 7 nitrogen and oxygen atoms in total. The van der Waals surface area contributed by atoms with Crippen molar-refractivity contribution in [3.63, 3.8) is 0 Å². The summed E-state index contributed by atoms with van der Waals surface area (Å²) in [6, 6.07) is 4.11. The van der Waals surface area contributed by atoms with Gasteiger partial charge in [0.25, 0.3) is 0 Å². The Kier molecular flexibility index (Phi) is 4.85. The van der Waals surface area contributed by atoms with Gasteiger partial charge in [0.15, 0.2) is 0 Å². The maximum absolute atomic E-state index is 11.3. The molecule has 104 valence electrons. The number of anilines is 1. The van der Waals surface area contributed by atoms with Crippen LogP contribution < -0.4 is 11.5 Å². The molecule has 1 aromatic carbocycles. The van der Waals surface area contributed by atoms with E-state index >= 15 is 0 Å². The van der Waals surface area contributed by atoms with Crippen molar-refractivity contribution in [2.45, 2.75) is 18.6 Å². The van der Waals surface area contributed by atoms with Gasteiger partial charge in [0, 0.05) is 11.3 Å². The van der Waals surface area contributed by atoms with Gasteiger partial charge >= 0.3 is 5.97 Å². The van der Waals surface area contributed by atoms with Crippen LogP contribution in [0.15, 0.2) is 18.2 Å². The van der Waals surface area contributed by atoms with E-state index in [0.717, 1.165) is 0 Å². The average Bonchev–Trinajstić information content (AvgIpc) is 2.36. The maximum atomic E-state index is 11.3. The predicted molar refractivity (Wildman–Crippen MR) is 67.0 cm³/mol. The predicted octanol–water partition coefficient (Wildman–Crippen LogP) is -0.675. The third-order valence-corrected chi connectivity index (χ3v) is 2.60. The smallest absolute Gasteiger partial charge is 0.337 e. The summed E-state index contributed by atoms with van der Waals surface area (Å²) in [6.07, 6.45) is -3.11. The summed E-state index contributed by atoms with van der Waals surface area (Å²) >= 11 is 0. The lowest BCUT2D eigenvalue weighted by Crippen LogP contribution is -2.26. The van der Waals surface area contributed by atoms with Crippen molar-refractivity contribution in [2.24, 2.45) is 5.73 Å². The van der Waals surface area contributed by atoms with Gasteiger partial charge < -0.3 is 26.4 Å². The van der Waals surface area contributed by atoms with Crippen LogP contribution in [0.5, 0.6) is 0 Å². The minimum Gasteiger partial charge on any atom is -0.465 e. The first-order valence-electron chi connectivity index (χ1n) is 5.49. The standard InChI is InChI=1S/C12H16N2O5/c1-19-12(18)6-2-3-7(8(13)4-6)11(17)9(15)5-10(14)16/h2-4,9,11,15,17H,5,13H2,1H3,(H2,14,16). The van der Waals surface area contributed by atoms with Gasteiger partial charge in [-0.3, -0.25) is 4.79 Å². The molecule has 1 aromatic rings. The van der Waals surface area contributed by atoms with Gasteiger partial charge in [-0.1, -0.05) is 6.07 Å². The van der Waals surface area contributed by atoms with Crippen molar-refractivity contribution < 1.29 is 24.5 Å². The normalized spacial score (nSPS) is 13.6. The van der Waals surface area contributed by atoms with E-state index in [1.807, 2.05) is 0 Å². The highest BCUT2D eigenvalue weighted by molar-refractivity contribution is 5.90. The van der Waals surface area contributed by atoms with E-state index in [-0.39, 0.29) is 23.2 Å². The molecule has 0 heterocycles. The Morgan fingerprint density at radius 1 is 1.37 bits per heavy atom. The van der Waals surface area contributed by atoms with Crippen LogP contribution in [-0.4, -0.2) is 35.3 Å². The number of carbonyl (C=O) groups excluding carboxylic acids is 2. The molecule has 0 saturated heterocycles. The van der Waals surface area contributed by atoms with Crippen LogP contribution in [-0.2, 0) is 9.53 Å². The Morgan fingerprint density at radius 3 is 2.47 bits per heavy atom. The Morgan fingerprint density at radius 2 is 2.00 bits per heavy atom. The van der Waals surface area contributed by atoms with Gasteiger partial charge in [-0.05, 0) is 12.1 Å². The molecule has 19 heavy (non-hydrogen) atoms. The molecule has 2 atom stereocenters. The number of amides is 1. The molecule has 0 saturated carbocycles. The molecule has 0 fully saturated rings. The highest BCUT2D eigenvalue weighted by Crippen LogP contribution is 2.25. The Labute approximate surface area is 109 Å². The minimum absolute atomic E-state index is 0.110. The molecule has 0 aliphatic heterocycles. The molecular formula is C12H16N2O5. The Balaban J connectivity index is 2.95. The first-order chi connectivity index (χ1) is 8.86. The number of aliphatic hydroxyl groups is 2. The lowest BCUT2D eigenvalue weighted by molar-refractivity contribution is -0.121. The van der Waals surface area contributed by atoms with Crippen LogP contribution in [0, 0.1) is 0 Å². The second-order valence-corrected chi connectivity index (χ2v) is 4.02. The molecule has 7 heteroatoms. The lowest BCUT2D eigenvalue weighted by Gasteiger charge is -2.18. The molecular weight excluding hydrogens is 252 g/mol. The third kappa shape index (κ3) is 3.67. The van der Waals surface area contributed by atoms with Gasteiger partial charge in [0.2, 0.25) is 5.91 Å². The van der Waals surface area contributed by atoms with Crippen LogP contribution in [0.3, 0.4) is 0 Å². The quantitative estimate of drug-likeness (QED) is 0.413. The molecule has 0 aromatic heterocycles. The number of carbonyl (C=O) groups is 2.